The first kappa shape index (κ1) is 12.4. The van der Waals surface area contributed by atoms with Crippen LogP contribution in [0.4, 0.5) is 0 Å². The van der Waals surface area contributed by atoms with Gasteiger partial charge < -0.3 is 0 Å². The fraction of sp³-hybridized carbons (Fsp3) is 0.875. The molecule has 0 aromatic heterocycles. The summed E-state index contributed by atoms with van der Waals surface area (Å²) in [6, 6.07) is 1.67. The SMILES string of the molecule is CCC(CC)N(C)S(=O)(=O)CC#N. The smallest absolute Gasteiger partial charge is 0.211 e. The van der Waals surface area contributed by atoms with Crippen LogP contribution < -0.4 is 0 Å². The third-order valence-electron chi connectivity index (χ3n) is 2.14. The zero-order valence-electron chi connectivity index (χ0n) is 8.32. The van der Waals surface area contributed by atoms with E-state index >= 15 is 0 Å². The molecule has 0 aromatic rings. The molecule has 0 rings (SSSR count). The quantitative estimate of drug-likeness (QED) is 0.670. The molecular formula is C8H16N2O2S. The van der Waals surface area contributed by atoms with E-state index in [1.54, 1.807) is 6.07 Å². The molecule has 0 aromatic carbocycles. The van der Waals surface area contributed by atoms with Gasteiger partial charge in [0.2, 0.25) is 10.0 Å². The van der Waals surface area contributed by atoms with Crippen LogP contribution in [0.25, 0.3) is 0 Å². The number of nitriles is 1. The maximum atomic E-state index is 11.4. The van der Waals surface area contributed by atoms with Crippen molar-refractivity contribution >= 4 is 10.0 Å². The van der Waals surface area contributed by atoms with Gasteiger partial charge in [-0.25, -0.2) is 12.7 Å². The summed E-state index contributed by atoms with van der Waals surface area (Å²) in [7, 11) is -1.83. The summed E-state index contributed by atoms with van der Waals surface area (Å²) < 4.78 is 24.1. The van der Waals surface area contributed by atoms with Gasteiger partial charge in [0.25, 0.3) is 0 Å². The Morgan fingerprint density at radius 2 is 1.85 bits per heavy atom. The molecule has 0 atom stereocenters. The molecule has 0 N–H and O–H groups in total. The molecule has 0 amide bonds. The van der Waals surface area contributed by atoms with Crippen molar-refractivity contribution in [3.63, 3.8) is 0 Å². The predicted octanol–water partition coefficient (Wildman–Crippen LogP) is 0.960. The van der Waals surface area contributed by atoms with Crippen molar-refractivity contribution in [2.45, 2.75) is 32.7 Å². The van der Waals surface area contributed by atoms with Crippen LogP contribution in [-0.4, -0.2) is 31.6 Å². The van der Waals surface area contributed by atoms with Gasteiger partial charge in [-0.05, 0) is 12.8 Å². The first-order chi connectivity index (χ1) is 5.99. The van der Waals surface area contributed by atoms with E-state index in [4.69, 9.17) is 5.26 Å². The molecular weight excluding hydrogens is 188 g/mol. The van der Waals surface area contributed by atoms with Gasteiger partial charge >= 0.3 is 0 Å². The van der Waals surface area contributed by atoms with Crippen LogP contribution in [0.15, 0.2) is 0 Å². The highest BCUT2D eigenvalue weighted by Gasteiger charge is 2.23. The van der Waals surface area contributed by atoms with E-state index in [-0.39, 0.29) is 6.04 Å². The molecule has 0 aliphatic carbocycles. The predicted molar refractivity (Wildman–Crippen MR) is 51.5 cm³/mol. The van der Waals surface area contributed by atoms with Crippen molar-refractivity contribution < 1.29 is 8.42 Å². The molecule has 0 fully saturated rings. The van der Waals surface area contributed by atoms with E-state index < -0.39 is 15.8 Å². The topological polar surface area (TPSA) is 61.2 Å². The second-order valence-corrected chi connectivity index (χ2v) is 4.93. The van der Waals surface area contributed by atoms with E-state index in [2.05, 4.69) is 0 Å². The third-order valence-corrected chi connectivity index (χ3v) is 3.81. The van der Waals surface area contributed by atoms with Crippen LogP contribution in [0.1, 0.15) is 26.7 Å². The Kier molecular flexibility index (Phi) is 4.96. The van der Waals surface area contributed by atoms with Crippen LogP contribution in [0.3, 0.4) is 0 Å². The zero-order valence-corrected chi connectivity index (χ0v) is 9.13. The summed E-state index contributed by atoms with van der Waals surface area (Å²) in [4.78, 5) is 0. The summed E-state index contributed by atoms with van der Waals surface area (Å²) in [6.45, 7) is 3.87. The summed E-state index contributed by atoms with van der Waals surface area (Å²) in [5.41, 5.74) is 0. The molecule has 0 aliphatic heterocycles. The second-order valence-electron chi connectivity index (χ2n) is 2.90. The molecule has 5 heteroatoms. The van der Waals surface area contributed by atoms with Gasteiger partial charge in [-0.2, -0.15) is 5.26 Å². The fourth-order valence-electron chi connectivity index (χ4n) is 1.21. The lowest BCUT2D eigenvalue weighted by Crippen LogP contribution is -2.37. The highest BCUT2D eigenvalue weighted by molar-refractivity contribution is 7.89. The minimum absolute atomic E-state index is 0.0124. The lowest BCUT2D eigenvalue weighted by Gasteiger charge is -2.24. The molecule has 0 heterocycles. The zero-order chi connectivity index (χ0) is 10.5. The molecule has 0 spiro atoms. The Morgan fingerprint density at radius 3 is 2.15 bits per heavy atom. The van der Waals surface area contributed by atoms with E-state index in [0.717, 1.165) is 12.8 Å². The second kappa shape index (κ2) is 5.20. The van der Waals surface area contributed by atoms with E-state index in [1.807, 2.05) is 13.8 Å². The van der Waals surface area contributed by atoms with Gasteiger partial charge in [0, 0.05) is 13.1 Å². The number of nitrogens with zero attached hydrogens (tertiary/aromatic N) is 2. The molecule has 0 saturated heterocycles. The molecule has 0 radical (unpaired) electrons. The molecule has 13 heavy (non-hydrogen) atoms. The van der Waals surface area contributed by atoms with E-state index in [1.165, 1.54) is 11.4 Å². The number of hydrogen-bond acceptors (Lipinski definition) is 3. The van der Waals surface area contributed by atoms with Gasteiger partial charge in [0.15, 0.2) is 5.75 Å². The van der Waals surface area contributed by atoms with Crippen LogP contribution in [0, 0.1) is 11.3 Å². The monoisotopic (exact) mass is 204 g/mol. The molecule has 76 valence electrons. The highest BCUT2D eigenvalue weighted by atomic mass is 32.2. The van der Waals surface area contributed by atoms with Crippen molar-refractivity contribution in [3.8, 4) is 6.07 Å². The van der Waals surface area contributed by atoms with Gasteiger partial charge in [-0.3, -0.25) is 0 Å². The molecule has 4 nitrogen and oxygen atoms in total. The third kappa shape index (κ3) is 3.33. The molecule has 0 aliphatic rings. The molecule has 0 bridgehead atoms. The number of hydrogen-bond donors (Lipinski definition) is 0. The summed E-state index contributed by atoms with van der Waals surface area (Å²) in [5, 5.41) is 8.32. The van der Waals surface area contributed by atoms with Crippen molar-refractivity contribution in [1.29, 1.82) is 5.26 Å². The van der Waals surface area contributed by atoms with Crippen molar-refractivity contribution in [2.75, 3.05) is 12.8 Å². The Balaban J connectivity index is 4.58. The van der Waals surface area contributed by atoms with Gasteiger partial charge in [-0.15, -0.1) is 0 Å². The Hall–Kier alpha value is -0.600. The van der Waals surface area contributed by atoms with Gasteiger partial charge in [-0.1, -0.05) is 13.8 Å². The molecule has 0 unspecified atom stereocenters. The molecule has 0 saturated carbocycles. The van der Waals surface area contributed by atoms with E-state index in [0.29, 0.717) is 0 Å². The average molecular weight is 204 g/mol. The largest absolute Gasteiger partial charge is 0.227 e. The lowest BCUT2D eigenvalue weighted by atomic mass is 10.2. The van der Waals surface area contributed by atoms with E-state index in [9.17, 15) is 8.42 Å². The van der Waals surface area contributed by atoms with Crippen molar-refractivity contribution in [3.05, 3.63) is 0 Å². The average Bonchev–Trinajstić information content (AvgIpc) is 2.06. The first-order valence-electron chi connectivity index (χ1n) is 4.32. The van der Waals surface area contributed by atoms with Crippen LogP contribution >= 0.6 is 0 Å². The maximum absolute atomic E-state index is 11.4. The van der Waals surface area contributed by atoms with Crippen molar-refractivity contribution in [1.82, 2.24) is 4.31 Å². The van der Waals surface area contributed by atoms with Crippen LogP contribution in [0.5, 0.6) is 0 Å². The Labute approximate surface area is 80.2 Å². The summed E-state index contributed by atoms with van der Waals surface area (Å²) >= 11 is 0. The number of rotatable bonds is 5. The van der Waals surface area contributed by atoms with Crippen LogP contribution in [0.2, 0.25) is 0 Å². The van der Waals surface area contributed by atoms with Gasteiger partial charge in [0.1, 0.15) is 0 Å². The highest BCUT2D eigenvalue weighted by Crippen LogP contribution is 2.10. The normalized spacial score (nSPS) is 12.0. The Morgan fingerprint density at radius 1 is 1.38 bits per heavy atom. The standard InChI is InChI=1S/C8H16N2O2S/c1-4-8(5-2)10(3)13(11,12)7-6-9/h8H,4-5,7H2,1-3H3. The summed E-state index contributed by atoms with van der Waals surface area (Å²) in [6.07, 6.45) is 1.55. The minimum atomic E-state index is -3.36. The van der Waals surface area contributed by atoms with Crippen LogP contribution in [-0.2, 0) is 10.0 Å². The van der Waals surface area contributed by atoms with Crippen molar-refractivity contribution in [2.24, 2.45) is 0 Å². The number of sulfonamides is 1. The maximum Gasteiger partial charge on any atom is 0.227 e. The summed E-state index contributed by atoms with van der Waals surface area (Å²) in [5.74, 6) is -0.431. The Bertz CT molecular complexity index is 275. The van der Waals surface area contributed by atoms with Gasteiger partial charge in [0.05, 0.1) is 6.07 Å². The fourth-order valence-corrected chi connectivity index (χ4v) is 2.33. The minimum Gasteiger partial charge on any atom is -0.211 e. The lowest BCUT2D eigenvalue weighted by molar-refractivity contribution is 0.351. The first-order valence-corrected chi connectivity index (χ1v) is 5.93.